The molecule has 0 saturated heterocycles. The highest BCUT2D eigenvalue weighted by Gasteiger charge is 2.25. The maximum absolute atomic E-state index is 11.9. The summed E-state index contributed by atoms with van der Waals surface area (Å²) >= 11 is 0. The fourth-order valence-corrected chi connectivity index (χ4v) is 2.51. The van der Waals surface area contributed by atoms with Crippen molar-refractivity contribution in [3.63, 3.8) is 0 Å². The van der Waals surface area contributed by atoms with Crippen LogP contribution in [-0.2, 0) is 18.7 Å². The smallest absolute Gasteiger partial charge is 0.303 e. The number of phosphoric ester groups is 1. The highest BCUT2D eigenvalue weighted by molar-refractivity contribution is 7.46. The van der Waals surface area contributed by atoms with E-state index in [1.165, 1.54) is 0 Å². The molecule has 2 N–H and O–H groups in total. The largest absolute Gasteiger partial charge is 0.469 e. The molecular formula is C17H33O6P. The van der Waals surface area contributed by atoms with E-state index in [9.17, 15) is 14.2 Å². The maximum atomic E-state index is 11.9. The average molecular weight is 364 g/mol. The molecule has 0 aliphatic carbocycles. The lowest BCUT2D eigenvalue weighted by Gasteiger charge is -2.24. The van der Waals surface area contributed by atoms with Gasteiger partial charge in [0.15, 0.2) is 0 Å². The number of Topliss-reactive ketones (excluding diaryl/α,β-unsaturated/α-hetero) is 2. The molecule has 0 amide bonds. The topological polar surface area (TPSA) is 101 Å². The first-order valence-corrected chi connectivity index (χ1v) is 10.0. The van der Waals surface area contributed by atoms with Crippen LogP contribution in [0.2, 0.25) is 0 Å². The van der Waals surface area contributed by atoms with Gasteiger partial charge in [-0.3, -0.25) is 14.1 Å². The Bertz CT molecular complexity index is 464. The summed E-state index contributed by atoms with van der Waals surface area (Å²) in [5.74, 6) is 0.122. The number of hydrogen-bond acceptors (Lipinski definition) is 4. The summed E-state index contributed by atoms with van der Waals surface area (Å²) in [5, 5.41) is 0. The molecule has 24 heavy (non-hydrogen) atoms. The standard InChI is InChI=1S/C17H33O6P/c1-6-16(2,3)11-9-14(18)7-8-15(19)10-12-17(4,5)13-23-24(20,21)22/h6-13H2,1-5H3,(H2,20,21,22). The van der Waals surface area contributed by atoms with Gasteiger partial charge < -0.3 is 9.79 Å². The lowest BCUT2D eigenvalue weighted by atomic mass is 9.84. The summed E-state index contributed by atoms with van der Waals surface area (Å²) in [6.07, 6.45) is 3.62. The third-order valence-electron chi connectivity index (χ3n) is 4.42. The second-order valence-electron chi connectivity index (χ2n) is 8.02. The first-order chi connectivity index (χ1) is 10.8. The van der Waals surface area contributed by atoms with Crippen molar-refractivity contribution in [3.05, 3.63) is 0 Å². The number of phosphoric acid groups is 1. The van der Waals surface area contributed by atoms with Crippen LogP contribution in [0.3, 0.4) is 0 Å². The normalized spacial score (nSPS) is 13.1. The number of hydrogen-bond donors (Lipinski definition) is 2. The Morgan fingerprint density at radius 3 is 1.67 bits per heavy atom. The van der Waals surface area contributed by atoms with Gasteiger partial charge in [0.2, 0.25) is 0 Å². The number of ketones is 2. The van der Waals surface area contributed by atoms with E-state index in [1.807, 2.05) is 0 Å². The summed E-state index contributed by atoms with van der Waals surface area (Å²) < 4.78 is 15.2. The van der Waals surface area contributed by atoms with Crippen LogP contribution in [0, 0.1) is 10.8 Å². The molecule has 0 aliphatic heterocycles. The molecule has 0 radical (unpaired) electrons. The molecule has 0 aliphatic rings. The number of carbonyl (C=O) groups excluding carboxylic acids is 2. The van der Waals surface area contributed by atoms with Crippen molar-refractivity contribution in [1.82, 2.24) is 0 Å². The minimum Gasteiger partial charge on any atom is -0.303 e. The van der Waals surface area contributed by atoms with Gasteiger partial charge in [-0.1, -0.05) is 41.0 Å². The third kappa shape index (κ3) is 12.8. The Kier molecular flexibility index (Phi) is 9.58. The van der Waals surface area contributed by atoms with Gasteiger partial charge in [-0.15, -0.1) is 0 Å². The van der Waals surface area contributed by atoms with E-state index in [1.54, 1.807) is 13.8 Å². The molecule has 142 valence electrons. The lowest BCUT2D eigenvalue weighted by molar-refractivity contribution is -0.124. The molecule has 0 bridgehead atoms. The van der Waals surface area contributed by atoms with Gasteiger partial charge in [-0.05, 0) is 23.7 Å². The fraction of sp³-hybridized carbons (Fsp3) is 0.882. The zero-order valence-electron chi connectivity index (χ0n) is 15.6. The monoisotopic (exact) mass is 364 g/mol. The Hall–Kier alpha value is -0.550. The van der Waals surface area contributed by atoms with Crippen molar-refractivity contribution in [3.8, 4) is 0 Å². The molecule has 7 heteroatoms. The quantitative estimate of drug-likeness (QED) is 0.478. The predicted octanol–water partition coefficient (Wildman–Crippen LogP) is 4.04. The summed E-state index contributed by atoms with van der Waals surface area (Å²) in [6.45, 7) is 9.82. The molecular weight excluding hydrogens is 331 g/mol. The highest BCUT2D eigenvalue weighted by Crippen LogP contribution is 2.39. The van der Waals surface area contributed by atoms with E-state index in [4.69, 9.17) is 9.79 Å². The molecule has 0 aromatic rings. The predicted molar refractivity (Wildman–Crippen MR) is 93.6 cm³/mol. The molecule has 6 nitrogen and oxygen atoms in total. The number of carbonyl (C=O) groups is 2. The van der Waals surface area contributed by atoms with E-state index >= 15 is 0 Å². The van der Waals surface area contributed by atoms with E-state index < -0.39 is 13.2 Å². The highest BCUT2D eigenvalue weighted by atomic mass is 31.2. The van der Waals surface area contributed by atoms with Gasteiger partial charge in [0, 0.05) is 25.7 Å². The zero-order chi connectivity index (χ0) is 19.0. The van der Waals surface area contributed by atoms with Gasteiger partial charge in [-0.2, -0.15) is 0 Å². The molecule has 0 rings (SSSR count). The Balaban J connectivity index is 4.05. The van der Waals surface area contributed by atoms with Crippen LogP contribution in [0.5, 0.6) is 0 Å². The first kappa shape index (κ1) is 23.4. The SMILES string of the molecule is CCC(C)(C)CCC(=O)CCC(=O)CCC(C)(C)COP(=O)(O)O. The minimum absolute atomic E-state index is 0.00218. The van der Waals surface area contributed by atoms with E-state index in [2.05, 4.69) is 25.3 Å². The van der Waals surface area contributed by atoms with Crippen LogP contribution in [-0.4, -0.2) is 28.0 Å². The summed E-state index contributed by atoms with van der Waals surface area (Å²) in [5.41, 5.74) is -0.353. The van der Waals surface area contributed by atoms with Crippen LogP contribution >= 0.6 is 7.82 Å². The van der Waals surface area contributed by atoms with Crippen molar-refractivity contribution in [1.29, 1.82) is 0 Å². The van der Waals surface area contributed by atoms with Gasteiger partial charge in [-0.25, -0.2) is 4.57 Å². The Labute approximate surface area is 145 Å². The molecule has 0 unspecified atom stereocenters. The van der Waals surface area contributed by atoms with E-state index in [0.29, 0.717) is 12.8 Å². The van der Waals surface area contributed by atoms with E-state index in [0.717, 1.165) is 12.8 Å². The molecule has 0 heterocycles. The van der Waals surface area contributed by atoms with Gasteiger partial charge in [0.1, 0.15) is 11.6 Å². The Morgan fingerprint density at radius 1 is 0.875 bits per heavy atom. The summed E-state index contributed by atoms with van der Waals surface area (Å²) in [7, 11) is -4.49. The van der Waals surface area contributed by atoms with Crippen LogP contribution in [0.4, 0.5) is 0 Å². The number of rotatable bonds is 13. The molecule has 0 aromatic heterocycles. The van der Waals surface area contributed by atoms with Crippen molar-refractivity contribution >= 4 is 19.4 Å². The van der Waals surface area contributed by atoms with Crippen LogP contribution in [0.25, 0.3) is 0 Å². The van der Waals surface area contributed by atoms with Crippen molar-refractivity contribution < 1.29 is 28.5 Å². The second-order valence-corrected chi connectivity index (χ2v) is 9.26. The molecule has 0 aromatic carbocycles. The Morgan fingerprint density at radius 2 is 1.29 bits per heavy atom. The fourth-order valence-electron chi connectivity index (χ4n) is 1.99. The molecule has 0 spiro atoms. The van der Waals surface area contributed by atoms with Crippen LogP contribution < -0.4 is 0 Å². The lowest BCUT2D eigenvalue weighted by Crippen LogP contribution is -2.20. The summed E-state index contributed by atoms with van der Waals surface area (Å²) in [4.78, 5) is 41.2. The van der Waals surface area contributed by atoms with Crippen LogP contribution in [0.1, 0.15) is 79.6 Å². The average Bonchev–Trinajstić information content (AvgIpc) is 2.46. The van der Waals surface area contributed by atoms with Gasteiger partial charge >= 0.3 is 7.82 Å². The third-order valence-corrected chi connectivity index (χ3v) is 4.89. The van der Waals surface area contributed by atoms with Crippen LogP contribution in [0.15, 0.2) is 0 Å². The van der Waals surface area contributed by atoms with Crippen molar-refractivity contribution in [2.45, 2.75) is 79.6 Å². The molecule has 0 atom stereocenters. The van der Waals surface area contributed by atoms with Gasteiger partial charge in [0.05, 0.1) is 6.61 Å². The molecule has 0 fully saturated rings. The molecule has 0 saturated carbocycles. The zero-order valence-corrected chi connectivity index (χ0v) is 16.5. The van der Waals surface area contributed by atoms with E-state index in [-0.39, 0.29) is 42.9 Å². The maximum Gasteiger partial charge on any atom is 0.469 e. The first-order valence-electron chi connectivity index (χ1n) is 8.50. The second kappa shape index (κ2) is 9.81. The minimum atomic E-state index is -4.49. The van der Waals surface area contributed by atoms with Gasteiger partial charge in [0.25, 0.3) is 0 Å². The van der Waals surface area contributed by atoms with Crippen molar-refractivity contribution in [2.75, 3.05) is 6.61 Å². The van der Waals surface area contributed by atoms with Crippen molar-refractivity contribution in [2.24, 2.45) is 10.8 Å². The summed E-state index contributed by atoms with van der Waals surface area (Å²) in [6, 6.07) is 0.